The van der Waals surface area contributed by atoms with Crippen LogP contribution in [-0.4, -0.2) is 47.3 Å². The van der Waals surface area contributed by atoms with Crippen LogP contribution >= 0.6 is 0 Å². The number of aliphatic hydroxyl groups excluding tert-OH is 1. The van der Waals surface area contributed by atoms with E-state index in [1.54, 1.807) is 0 Å². The van der Waals surface area contributed by atoms with Crippen molar-refractivity contribution in [3.05, 3.63) is 53.7 Å². The number of carbonyl (C=O) groups is 2. The standard InChI is InChI=1S/C22H26F2N4O4/c23-14-2-8-18(9-3-14)32-21-19(12-15(24)13-26-21)20(30)27-16-4-6-17(7-5-16)28-22(31)25-10-1-11-29/h2-3,8-9,12-13,16-17,29H,1,4-7,10-11H2,(H,27,30)(H2,25,28,31). The van der Waals surface area contributed by atoms with E-state index in [0.717, 1.165) is 12.3 Å². The van der Waals surface area contributed by atoms with Crippen molar-refractivity contribution in [1.82, 2.24) is 20.9 Å². The van der Waals surface area contributed by atoms with Crippen molar-refractivity contribution in [2.24, 2.45) is 0 Å². The SMILES string of the molecule is O=C(NCCCO)NC1CCC(NC(=O)c2cc(F)cnc2Oc2ccc(F)cc2)CC1. The molecule has 1 saturated carbocycles. The van der Waals surface area contributed by atoms with Gasteiger partial charge in [0.15, 0.2) is 0 Å². The molecule has 8 nitrogen and oxygen atoms in total. The van der Waals surface area contributed by atoms with Crippen molar-refractivity contribution in [2.75, 3.05) is 13.2 Å². The average molecular weight is 448 g/mol. The Labute approximate surface area is 184 Å². The maximum absolute atomic E-state index is 13.8. The van der Waals surface area contributed by atoms with Gasteiger partial charge in [0.05, 0.1) is 6.20 Å². The zero-order valence-corrected chi connectivity index (χ0v) is 17.4. The number of nitrogens with one attached hydrogen (secondary N) is 3. The first-order valence-corrected chi connectivity index (χ1v) is 10.5. The molecule has 4 N–H and O–H groups in total. The van der Waals surface area contributed by atoms with Gasteiger partial charge in [0.1, 0.15) is 22.9 Å². The van der Waals surface area contributed by atoms with Gasteiger partial charge in [0.2, 0.25) is 5.88 Å². The lowest BCUT2D eigenvalue weighted by molar-refractivity contribution is 0.0920. The molecule has 0 aliphatic heterocycles. The van der Waals surface area contributed by atoms with Crippen molar-refractivity contribution >= 4 is 11.9 Å². The van der Waals surface area contributed by atoms with Crippen LogP contribution in [-0.2, 0) is 0 Å². The number of benzene rings is 1. The van der Waals surface area contributed by atoms with E-state index in [2.05, 4.69) is 20.9 Å². The van der Waals surface area contributed by atoms with Crippen LogP contribution < -0.4 is 20.7 Å². The molecule has 0 spiro atoms. The van der Waals surface area contributed by atoms with E-state index in [9.17, 15) is 18.4 Å². The normalized spacial score (nSPS) is 18.0. The van der Waals surface area contributed by atoms with Gasteiger partial charge in [-0.1, -0.05) is 0 Å². The first-order valence-electron chi connectivity index (χ1n) is 10.5. The zero-order chi connectivity index (χ0) is 22.9. The van der Waals surface area contributed by atoms with Crippen molar-refractivity contribution in [3.63, 3.8) is 0 Å². The number of urea groups is 1. The smallest absolute Gasteiger partial charge is 0.315 e. The quantitative estimate of drug-likeness (QED) is 0.464. The fraction of sp³-hybridized carbons (Fsp3) is 0.409. The van der Waals surface area contributed by atoms with Crippen LogP contribution in [0.2, 0.25) is 0 Å². The Balaban J connectivity index is 1.54. The van der Waals surface area contributed by atoms with Gasteiger partial charge in [-0.2, -0.15) is 0 Å². The Bertz CT molecular complexity index is 919. The minimum absolute atomic E-state index is 0.00881. The molecule has 1 heterocycles. The second kappa shape index (κ2) is 11.4. The first-order chi connectivity index (χ1) is 15.4. The molecule has 172 valence electrons. The molecule has 0 bridgehead atoms. The second-order valence-electron chi connectivity index (χ2n) is 7.56. The third kappa shape index (κ3) is 6.88. The number of amides is 3. The van der Waals surface area contributed by atoms with E-state index in [1.807, 2.05) is 0 Å². The summed E-state index contributed by atoms with van der Waals surface area (Å²) in [7, 11) is 0. The largest absolute Gasteiger partial charge is 0.438 e. The summed E-state index contributed by atoms with van der Waals surface area (Å²) in [6, 6.07) is 5.80. The summed E-state index contributed by atoms with van der Waals surface area (Å²) in [5.74, 6) is -1.45. The minimum atomic E-state index is -0.679. The molecule has 2 aromatic rings. The van der Waals surface area contributed by atoms with E-state index in [1.165, 1.54) is 24.3 Å². The first kappa shape index (κ1) is 23.4. The van der Waals surface area contributed by atoms with Gasteiger partial charge in [-0.15, -0.1) is 0 Å². The second-order valence-corrected chi connectivity index (χ2v) is 7.56. The number of hydrogen-bond donors (Lipinski definition) is 4. The Morgan fingerprint density at radius 2 is 1.69 bits per heavy atom. The van der Waals surface area contributed by atoms with Crippen LogP contribution in [0.15, 0.2) is 36.5 Å². The third-order valence-corrected chi connectivity index (χ3v) is 5.11. The van der Waals surface area contributed by atoms with Gasteiger partial charge in [-0.25, -0.2) is 18.6 Å². The van der Waals surface area contributed by atoms with Gasteiger partial charge in [-0.3, -0.25) is 4.79 Å². The molecule has 0 unspecified atom stereocenters. The maximum atomic E-state index is 13.8. The Hall–Kier alpha value is -3.27. The molecule has 1 aliphatic carbocycles. The Morgan fingerprint density at radius 1 is 1.03 bits per heavy atom. The van der Waals surface area contributed by atoms with E-state index in [4.69, 9.17) is 9.84 Å². The number of pyridine rings is 1. The molecule has 0 radical (unpaired) electrons. The number of rotatable bonds is 8. The molecule has 1 aromatic heterocycles. The van der Waals surface area contributed by atoms with E-state index in [-0.39, 0.29) is 41.9 Å². The molecule has 0 atom stereocenters. The predicted octanol–water partition coefficient (Wildman–Crippen LogP) is 2.87. The Morgan fingerprint density at radius 3 is 2.34 bits per heavy atom. The van der Waals surface area contributed by atoms with Gasteiger partial charge in [0, 0.05) is 25.2 Å². The third-order valence-electron chi connectivity index (χ3n) is 5.11. The van der Waals surface area contributed by atoms with Crippen molar-refractivity contribution in [2.45, 2.75) is 44.2 Å². The minimum Gasteiger partial charge on any atom is -0.438 e. The number of ether oxygens (including phenoxy) is 1. The lowest BCUT2D eigenvalue weighted by atomic mass is 9.91. The highest BCUT2D eigenvalue weighted by molar-refractivity contribution is 5.96. The zero-order valence-electron chi connectivity index (χ0n) is 17.4. The highest BCUT2D eigenvalue weighted by Crippen LogP contribution is 2.25. The van der Waals surface area contributed by atoms with Gasteiger partial charge in [-0.05, 0) is 62.4 Å². The molecule has 10 heteroatoms. The summed E-state index contributed by atoms with van der Waals surface area (Å²) in [6.45, 7) is 0.417. The number of aliphatic hydroxyl groups is 1. The summed E-state index contributed by atoms with van der Waals surface area (Å²) in [4.78, 5) is 28.5. The van der Waals surface area contributed by atoms with Crippen LogP contribution in [0.3, 0.4) is 0 Å². The fourth-order valence-corrected chi connectivity index (χ4v) is 3.45. The lowest BCUT2D eigenvalue weighted by Gasteiger charge is -2.29. The average Bonchev–Trinajstić information content (AvgIpc) is 2.78. The molecule has 32 heavy (non-hydrogen) atoms. The highest BCUT2D eigenvalue weighted by atomic mass is 19.1. The maximum Gasteiger partial charge on any atom is 0.315 e. The number of nitrogens with zero attached hydrogens (tertiary/aromatic N) is 1. The van der Waals surface area contributed by atoms with Crippen LogP contribution in [0.1, 0.15) is 42.5 Å². The molecule has 3 amide bonds. The summed E-state index contributed by atoms with van der Waals surface area (Å²) in [5, 5.41) is 17.2. The van der Waals surface area contributed by atoms with Crippen LogP contribution in [0.25, 0.3) is 0 Å². The predicted molar refractivity (Wildman–Crippen MR) is 112 cm³/mol. The molecular formula is C22H26F2N4O4. The topological polar surface area (TPSA) is 113 Å². The summed E-state index contributed by atoms with van der Waals surface area (Å²) < 4.78 is 32.4. The number of halogens is 2. The summed E-state index contributed by atoms with van der Waals surface area (Å²) in [6.07, 6.45) is 4.08. The van der Waals surface area contributed by atoms with E-state index in [0.29, 0.717) is 38.6 Å². The van der Waals surface area contributed by atoms with Crippen molar-refractivity contribution in [1.29, 1.82) is 0 Å². The van der Waals surface area contributed by atoms with Crippen molar-refractivity contribution < 1.29 is 28.2 Å². The summed E-state index contributed by atoms with van der Waals surface area (Å²) in [5.41, 5.74) is -0.0576. The molecule has 0 saturated heterocycles. The van der Waals surface area contributed by atoms with E-state index >= 15 is 0 Å². The van der Waals surface area contributed by atoms with Crippen LogP contribution in [0.5, 0.6) is 11.6 Å². The molecule has 1 fully saturated rings. The number of aromatic nitrogens is 1. The molecule has 1 aliphatic rings. The van der Waals surface area contributed by atoms with Gasteiger partial charge in [0.25, 0.3) is 5.91 Å². The highest BCUT2D eigenvalue weighted by Gasteiger charge is 2.25. The Kier molecular flexibility index (Phi) is 8.32. The van der Waals surface area contributed by atoms with Crippen molar-refractivity contribution in [3.8, 4) is 11.6 Å². The molecule has 3 rings (SSSR count). The van der Waals surface area contributed by atoms with Crippen LogP contribution in [0.4, 0.5) is 13.6 Å². The number of hydrogen-bond acceptors (Lipinski definition) is 5. The molecular weight excluding hydrogens is 422 g/mol. The van der Waals surface area contributed by atoms with E-state index < -0.39 is 17.5 Å². The molecule has 1 aromatic carbocycles. The van der Waals surface area contributed by atoms with Gasteiger partial charge < -0.3 is 25.8 Å². The lowest BCUT2D eigenvalue weighted by Crippen LogP contribution is -2.47. The number of carbonyl (C=O) groups excluding carboxylic acids is 2. The summed E-state index contributed by atoms with van der Waals surface area (Å²) >= 11 is 0. The van der Waals surface area contributed by atoms with Crippen LogP contribution in [0, 0.1) is 11.6 Å². The monoisotopic (exact) mass is 448 g/mol. The fourth-order valence-electron chi connectivity index (χ4n) is 3.45. The van der Waals surface area contributed by atoms with Gasteiger partial charge >= 0.3 is 6.03 Å².